The van der Waals surface area contributed by atoms with Gasteiger partial charge in [0.05, 0.1) is 6.10 Å². The van der Waals surface area contributed by atoms with Gasteiger partial charge in [0.2, 0.25) is 0 Å². The van der Waals surface area contributed by atoms with Gasteiger partial charge in [-0.1, -0.05) is 24.3 Å². The van der Waals surface area contributed by atoms with Crippen LogP contribution in [0.3, 0.4) is 0 Å². The molecular weight excluding hydrogens is 226 g/mol. The van der Waals surface area contributed by atoms with E-state index in [1.807, 2.05) is 54.6 Å². The van der Waals surface area contributed by atoms with E-state index in [4.69, 9.17) is 4.74 Å². The third kappa shape index (κ3) is 3.79. The molecule has 0 aromatic heterocycles. The number of nitrogens with one attached hydrogen (secondary N) is 1. The van der Waals surface area contributed by atoms with Gasteiger partial charge in [-0.25, -0.2) is 0 Å². The number of hydrogen-bond donors (Lipinski definition) is 2. The zero-order chi connectivity index (χ0) is 12.8. The van der Waals surface area contributed by atoms with E-state index in [9.17, 15) is 5.11 Å². The topological polar surface area (TPSA) is 41.5 Å². The Morgan fingerprint density at radius 3 is 2.50 bits per heavy atom. The van der Waals surface area contributed by atoms with Gasteiger partial charge < -0.3 is 15.2 Å². The van der Waals surface area contributed by atoms with Gasteiger partial charge in [-0.2, -0.15) is 0 Å². The maximum atomic E-state index is 9.22. The Labute approximate surface area is 107 Å². The van der Waals surface area contributed by atoms with Crippen molar-refractivity contribution in [2.24, 2.45) is 0 Å². The highest BCUT2D eigenvalue weighted by molar-refractivity contribution is 5.49. The Balaban J connectivity index is 2.03. The van der Waals surface area contributed by atoms with Crippen LogP contribution in [0, 0.1) is 0 Å². The van der Waals surface area contributed by atoms with Crippen LogP contribution >= 0.6 is 0 Å². The molecule has 0 aliphatic heterocycles. The average Bonchev–Trinajstić information content (AvgIpc) is 2.38. The summed E-state index contributed by atoms with van der Waals surface area (Å²) in [5, 5.41) is 12.4. The summed E-state index contributed by atoms with van der Waals surface area (Å²) in [7, 11) is 0. The van der Waals surface area contributed by atoms with Gasteiger partial charge in [0.25, 0.3) is 0 Å². The second-order valence-electron chi connectivity index (χ2n) is 4.17. The number of hydrogen-bond acceptors (Lipinski definition) is 3. The van der Waals surface area contributed by atoms with Crippen molar-refractivity contribution in [2.75, 3.05) is 11.9 Å². The molecule has 3 nitrogen and oxygen atoms in total. The van der Waals surface area contributed by atoms with E-state index >= 15 is 0 Å². The minimum atomic E-state index is -0.372. The van der Waals surface area contributed by atoms with Gasteiger partial charge in [0.1, 0.15) is 11.5 Å². The number of para-hydroxylation sites is 1. The van der Waals surface area contributed by atoms with Crippen LogP contribution in [0.15, 0.2) is 54.6 Å². The Morgan fingerprint density at radius 1 is 1.06 bits per heavy atom. The molecule has 3 heteroatoms. The predicted molar refractivity (Wildman–Crippen MR) is 73.1 cm³/mol. The van der Waals surface area contributed by atoms with Crippen molar-refractivity contribution in [3.05, 3.63) is 54.6 Å². The molecule has 0 spiro atoms. The summed E-state index contributed by atoms with van der Waals surface area (Å²) in [5.41, 5.74) is 0.935. The third-order valence-corrected chi connectivity index (χ3v) is 2.41. The fourth-order valence-corrected chi connectivity index (χ4v) is 1.56. The monoisotopic (exact) mass is 243 g/mol. The van der Waals surface area contributed by atoms with Crippen LogP contribution in [0.25, 0.3) is 0 Å². The number of ether oxygens (including phenoxy) is 1. The van der Waals surface area contributed by atoms with Crippen LogP contribution in [0.5, 0.6) is 11.5 Å². The molecule has 18 heavy (non-hydrogen) atoms. The largest absolute Gasteiger partial charge is 0.457 e. The van der Waals surface area contributed by atoms with Crippen LogP contribution in [0.4, 0.5) is 5.69 Å². The molecule has 0 bridgehead atoms. The lowest BCUT2D eigenvalue weighted by Crippen LogP contribution is -2.15. The highest BCUT2D eigenvalue weighted by Gasteiger charge is 2.00. The summed E-state index contributed by atoms with van der Waals surface area (Å²) in [6, 6.07) is 17.3. The van der Waals surface area contributed by atoms with Gasteiger partial charge in [-0.3, -0.25) is 0 Å². The first-order valence-electron chi connectivity index (χ1n) is 5.99. The second-order valence-corrected chi connectivity index (χ2v) is 4.17. The summed E-state index contributed by atoms with van der Waals surface area (Å²) < 4.78 is 5.72. The summed E-state index contributed by atoms with van der Waals surface area (Å²) in [5.74, 6) is 1.59. The fraction of sp³-hybridized carbons (Fsp3) is 0.200. The molecule has 2 aromatic rings. The quantitative estimate of drug-likeness (QED) is 0.846. The molecule has 0 saturated heterocycles. The van der Waals surface area contributed by atoms with Gasteiger partial charge in [-0.05, 0) is 31.2 Å². The number of rotatable bonds is 5. The molecule has 2 N–H and O–H groups in total. The minimum Gasteiger partial charge on any atom is -0.457 e. The van der Waals surface area contributed by atoms with Crippen molar-refractivity contribution in [3.8, 4) is 11.5 Å². The summed E-state index contributed by atoms with van der Waals surface area (Å²) in [4.78, 5) is 0. The summed E-state index contributed by atoms with van der Waals surface area (Å²) in [6.45, 7) is 2.27. The molecule has 0 saturated carbocycles. The molecule has 2 aromatic carbocycles. The molecule has 0 radical (unpaired) electrons. The number of benzene rings is 2. The molecule has 0 aliphatic carbocycles. The first kappa shape index (κ1) is 12.5. The maximum absolute atomic E-state index is 9.22. The fourth-order valence-electron chi connectivity index (χ4n) is 1.56. The first-order valence-corrected chi connectivity index (χ1v) is 5.99. The van der Waals surface area contributed by atoms with Crippen molar-refractivity contribution >= 4 is 5.69 Å². The second kappa shape index (κ2) is 6.07. The first-order chi connectivity index (χ1) is 8.74. The van der Waals surface area contributed by atoms with Crippen molar-refractivity contribution < 1.29 is 9.84 Å². The normalized spacial score (nSPS) is 11.9. The van der Waals surface area contributed by atoms with Crippen molar-refractivity contribution in [3.63, 3.8) is 0 Å². The number of anilines is 1. The lowest BCUT2D eigenvalue weighted by molar-refractivity contribution is 0.208. The van der Waals surface area contributed by atoms with E-state index in [-0.39, 0.29) is 6.10 Å². The molecule has 2 rings (SSSR count). The van der Waals surface area contributed by atoms with Crippen LogP contribution in [0.1, 0.15) is 6.92 Å². The predicted octanol–water partition coefficient (Wildman–Crippen LogP) is 3.27. The molecule has 0 amide bonds. The Bertz CT molecular complexity index is 483. The molecule has 94 valence electrons. The minimum absolute atomic E-state index is 0.372. The lowest BCUT2D eigenvalue weighted by Gasteiger charge is -2.10. The van der Waals surface area contributed by atoms with E-state index in [0.29, 0.717) is 6.54 Å². The third-order valence-electron chi connectivity index (χ3n) is 2.41. The molecule has 1 unspecified atom stereocenters. The highest BCUT2D eigenvalue weighted by atomic mass is 16.5. The number of aliphatic hydroxyl groups is 1. The zero-order valence-electron chi connectivity index (χ0n) is 10.3. The van der Waals surface area contributed by atoms with E-state index < -0.39 is 0 Å². The zero-order valence-corrected chi connectivity index (χ0v) is 10.3. The molecule has 1 atom stereocenters. The SMILES string of the molecule is CC(O)CNc1cccc(Oc2ccccc2)c1. The standard InChI is InChI=1S/C15H17NO2/c1-12(17)11-16-13-6-5-9-15(10-13)18-14-7-3-2-4-8-14/h2-10,12,16-17H,11H2,1H3. The molecular formula is C15H17NO2. The van der Waals surface area contributed by atoms with Gasteiger partial charge in [0, 0.05) is 18.3 Å². The Kier molecular flexibility index (Phi) is 4.20. The van der Waals surface area contributed by atoms with Gasteiger partial charge >= 0.3 is 0 Å². The van der Waals surface area contributed by atoms with E-state index in [2.05, 4.69) is 5.32 Å². The summed E-state index contributed by atoms with van der Waals surface area (Å²) in [6.07, 6.45) is -0.372. The number of aliphatic hydroxyl groups excluding tert-OH is 1. The Morgan fingerprint density at radius 2 is 1.78 bits per heavy atom. The Hall–Kier alpha value is -2.00. The van der Waals surface area contributed by atoms with E-state index in [0.717, 1.165) is 17.2 Å². The van der Waals surface area contributed by atoms with Crippen molar-refractivity contribution in [1.29, 1.82) is 0 Å². The van der Waals surface area contributed by atoms with Crippen molar-refractivity contribution in [1.82, 2.24) is 0 Å². The molecule has 0 fully saturated rings. The average molecular weight is 243 g/mol. The van der Waals surface area contributed by atoms with Crippen LogP contribution in [-0.2, 0) is 0 Å². The van der Waals surface area contributed by atoms with Crippen LogP contribution in [0.2, 0.25) is 0 Å². The van der Waals surface area contributed by atoms with Crippen LogP contribution in [-0.4, -0.2) is 17.8 Å². The molecule has 0 heterocycles. The lowest BCUT2D eigenvalue weighted by atomic mass is 10.3. The maximum Gasteiger partial charge on any atom is 0.129 e. The smallest absolute Gasteiger partial charge is 0.129 e. The van der Waals surface area contributed by atoms with E-state index in [1.54, 1.807) is 6.92 Å². The summed E-state index contributed by atoms with van der Waals surface area (Å²) >= 11 is 0. The van der Waals surface area contributed by atoms with Gasteiger partial charge in [0.15, 0.2) is 0 Å². The van der Waals surface area contributed by atoms with Gasteiger partial charge in [-0.15, -0.1) is 0 Å². The molecule has 0 aliphatic rings. The van der Waals surface area contributed by atoms with Crippen LogP contribution < -0.4 is 10.1 Å². The van der Waals surface area contributed by atoms with E-state index in [1.165, 1.54) is 0 Å². The van der Waals surface area contributed by atoms with Crippen molar-refractivity contribution in [2.45, 2.75) is 13.0 Å². The highest BCUT2D eigenvalue weighted by Crippen LogP contribution is 2.23.